The van der Waals surface area contributed by atoms with Crippen LogP contribution in [0.1, 0.15) is 37.4 Å². The third kappa shape index (κ3) is 9.71. The Labute approximate surface area is 302 Å². The largest absolute Gasteiger partial charge is 0.457 e. The number of urea groups is 1. The van der Waals surface area contributed by atoms with E-state index in [1.807, 2.05) is 61.5 Å². The minimum atomic E-state index is -0.406. The highest BCUT2D eigenvalue weighted by Gasteiger charge is 2.16. The molecule has 0 spiro atoms. The van der Waals surface area contributed by atoms with Gasteiger partial charge in [-0.1, -0.05) is 55.3 Å². The molecule has 13 heteroatoms. The standard InChI is InChI=1S/C39H44N8O5/c1-3-4-7-28-24-36(47(45-28)29-12-10-27(2)11-13-29)44-39(50)42-33-14-15-34(32-9-6-5-8-31(32)33)52-30-16-18-40-35(25-30)43-38(49)26-41-37(48)17-19-46-20-22-51-23-21-46/h5-6,8-16,18,24-25H,3-4,7,17,19-23,26H2,1-2H3,(H,41,48)(H,40,43,49)(H2,42,44,50). The smallest absolute Gasteiger partial charge is 0.324 e. The zero-order chi connectivity index (χ0) is 36.3. The minimum Gasteiger partial charge on any atom is -0.457 e. The van der Waals surface area contributed by atoms with Crippen molar-refractivity contribution in [2.75, 3.05) is 55.3 Å². The van der Waals surface area contributed by atoms with Crippen LogP contribution in [0.15, 0.2) is 85.1 Å². The normalized spacial score (nSPS) is 13.0. The summed E-state index contributed by atoms with van der Waals surface area (Å²) >= 11 is 0. The molecule has 3 aromatic carbocycles. The maximum absolute atomic E-state index is 13.4. The molecule has 270 valence electrons. The van der Waals surface area contributed by atoms with Crippen LogP contribution < -0.4 is 26.0 Å². The molecule has 1 fully saturated rings. The van der Waals surface area contributed by atoms with Gasteiger partial charge in [0, 0.05) is 55.2 Å². The lowest BCUT2D eigenvalue weighted by Gasteiger charge is -2.26. The van der Waals surface area contributed by atoms with E-state index < -0.39 is 11.9 Å². The van der Waals surface area contributed by atoms with Gasteiger partial charge in [-0.2, -0.15) is 5.10 Å². The van der Waals surface area contributed by atoms with E-state index in [2.05, 4.69) is 38.1 Å². The number of carbonyl (C=O) groups is 3. The second-order valence-electron chi connectivity index (χ2n) is 12.6. The van der Waals surface area contributed by atoms with Gasteiger partial charge in [0.2, 0.25) is 11.8 Å². The first-order valence-electron chi connectivity index (χ1n) is 17.6. The summed E-state index contributed by atoms with van der Waals surface area (Å²) in [5.74, 6) is 1.26. The SMILES string of the molecule is CCCCc1cc(NC(=O)Nc2ccc(Oc3ccnc(NC(=O)CNC(=O)CCN4CCOCC4)c3)c3ccccc23)n(-c2ccc(C)cc2)n1. The van der Waals surface area contributed by atoms with Crippen LogP contribution >= 0.6 is 0 Å². The van der Waals surface area contributed by atoms with Crippen molar-refractivity contribution in [1.29, 1.82) is 0 Å². The van der Waals surface area contributed by atoms with Crippen LogP contribution in [0.5, 0.6) is 11.5 Å². The Morgan fingerprint density at radius 2 is 1.67 bits per heavy atom. The molecular weight excluding hydrogens is 660 g/mol. The topological polar surface area (TPSA) is 152 Å². The molecule has 5 aromatic rings. The van der Waals surface area contributed by atoms with E-state index in [1.54, 1.807) is 28.9 Å². The van der Waals surface area contributed by atoms with E-state index in [-0.39, 0.29) is 18.3 Å². The average Bonchev–Trinajstić information content (AvgIpc) is 3.56. The van der Waals surface area contributed by atoms with Crippen molar-refractivity contribution in [2.24, 2.45) is 0 Å². The van der Waals surface area contributed by atoms with Gasteiger partial charge in [0.1, 0.15) is 23.1 Å². The zero-order valence-corrected chi connectivity index (χ0v) is 29.5. The van der Waals surface area contributed by atoms with Gasteiger partial charge in [-0.3, -0.25) is 19.8 Å². The molecule has 4 amide bonds. The highest BCUT2D eigenvalue weighted by atomic mass is 16.5. The van der Waals surface area contributed by atoms with Crippen LogP contribution in [0, 0.1) is 6.92 Å². The quantitative estimate of drug-likeness (QED) is 0.105. The van der Waals surface area contributed by atoms with Crippen molar-refractivity contribution in [3.63, 3.8) is 0 Å². The molecule has 1 aliphatic rings. The van der Waals surface area contributed by atoms with E-state index in [0.717, 1.165) is 60.1 Å². The summed E-state index contributed by atoms with van der Waals surface area (Å²) < 4.78 is 13.3. The molecule has 0 radical (unpaired) electrons. The summed E-state index contributed by atoms with van der Waals surface area (Å²) in [5.41, 5.74) is 3.50. The Morgan fingerprint density at radius 3 is 2.46 bits per heavy atom. The summed E-state index contributed by atoms with van der Waals surface area (Å²) in [6, 6.07) is 24.0. The molecule has 0 saturated carbocycles. The maximum Gasteiger partial charge on any atom is 0.324 e. The molecule has 4 N–H and O–H groups in total. The number of fused-ring (bicyclic) bond motifs is 1. The number of hydrogen-bond donors (Lipinski definition) is 4. The van der Waals surface area contributed by atoms with Crippen LogP contribution in [-0.2, 0) is 20.7 Å². The molecule has 0 unspecified atom stereocenters. The number of carbonyl (C=O) groups excluding carboxylic acids is 3. The van der Waals surface area contributed by atoms with Crippen molar-refractivity contribution in [3.8, 4) is 17.2 Å². The van der Waals surface area contributed by atoms with Gasteiger partial charge in [-0.05, 0) is 50.1 Å². The zero-order valence-electron chi connectivity index (χ0n) is 29.5. The number of anilines is 3. The molecule has 0 bridgehead atoms. The fourth-order valence-corrected chi connectivity index (χ4v) is 5.83. The maximum atomic E-state index is 13.4. The van der Waals surface area contributed by atoms with E-state index in [4.69, 9.17) is 14.6 Å². The van der Waals surface area contributed by atoms with Crippen LogP contribution in [0.3, 0.4) is 0 Å². The van der Waals surface area contributed by atoms with Crippen molar-refractivity contribution in [3.05, 3.63) is 96.3 Å². The number of aromatic nitrogens is 3. The Bertz CT molecular complexity index is 2010. The summed E-state index contributed by atoms with van der Waals surface area (Å²) in [5, 5.41) is 17.7. The van der Waals surface area contributed by atoms with Crippen LogP contribution in [-0.4, -0.2) is 76.9 Å². The van der Waals surface area contributed by atoms with Gasteiger partial charge in [-0.15, -0.1) is 0 Å². The van der Waals surface area contributed by atoms with Crippen molar-refractivity contribution in [1.82, 2.24) is 25.0 Å². The van der Waals surface area contributed by atoms with Crippen LogP contribution in [0.25, 0.3) is 16.5 Å². The van der Waals surface area contributed by atoms with Gasteiger partial charge < -0.3 is 25.4 Å². The highest BCUT2D eigenvalue weighted by Crippen LogP contribution is 2.35. The number of amides is 4. The predicted octanol–water partition coefficient (Wildman–Crippen LogP) is 6.28. The number of ether oxygens (including phenoxy) is 2. The van der Waals surface area contributed by atoms with Gasteiger partial charge in [-0.25, -0.2) is 14.5 Å². The Morgan fingerprint density at radius 1 is 0.885 bits per heavy atom. The third-order valence-corrected chi connectivity index (χ3v) is 8.63. The number of nitrogens with zero attached hydrogens (tertiary/aromatic N) is 4. The second-order valence-corrected chi connectivity index (χ2v) is 12.6. The Hall–Kier alpha value is -5.79. The molecule has 0 aliphatic carbocycles. The number of aryl methyl sites for hydroxylation is 2. The first-order chi connectivity index (χ1) is 25.3. The molecule has 52 heavy (non-hydrogen) atoms. The summed E-state index contributed by atoms with van der Waals surface area (Å²) in [4.78, 5) is 44.6. The summed E-state index contributed by atoms with van der Waals surface area (Å²) in [6.45, 7) is 7.56. The first kappa shape index (κ1) is 36.0. The van der Waals surface area contributed by atoms with Gasteiger partial charge in [0.05, 0.1) is 36.8 Å². The monoisotopic (exact) mass is 704 g/mol. The number of hydrogen-bond acceptors (Lipinski definition) is 8. The number of unbranched alkanes of at least 4 members (excludes halogenated alkanes) is 1. The lowest BCUT2D eigenvalue weighted by molar-refractivity contribution is -0.124. The molecule has 6 rings (SSSR count). The van der Waals surface area contributed by atoms with E-state index >= 15 is 0 Å². The van der Waals surface area contributed by atoms with E-state index in [0.29, 0.717) is 49.2 Å². The number of benzene rings is 3. The lowest BCUT2D eigenvalue weighted by Crippen LogP contribution is -2.39. The van der Waals surface area contributed by atoms with Crippen molar-refractivity contribution < 1.29 is 23.9 Å². The molecule has 2 aromatic heterocycles. The molecule has 0 atom stereocenters. The van der Waals surface area contributed by atoms with Gasteiger partial charge in [0.25, 0.3) is 0 Å². The fraction of sp³-hybridized carbons (Fsp3) is 0.308. The number of morpholine rings is 1. The lowest BCUT2D eigenvalue weighted by atomic mass is 10.1. The van der Waals surface area contributed by atoms with Crippen molar-refractivity contribution >= 4 is 45.9 Å². The Balaban J connectivity index is 1.09. The van der Waals surface area contributed by atoms with E-state index in [9.17, 15) is 14.4 Å². The number of rotatable bonds is 14. The van der Waals surface area contributed by atoms with Crippen molar-refractivity contribution in [2.45, 2.75) is 39.5 Å². The van der Waals surface area contributed by atoms with Crippen LogP contribution in [0.4, 0.5) is 22.1 Å². The van der Waals surface area contributed by atoms with Gasteiger partial charge >= 0.3 is 6.03 Å². The number of nitrogens with one attached hydrogen (secondary N) is 4. The average molecular weight is 705 g/mol. The fourth-order valence-electron chi connectivity index (χ4n) is 5.83. The summed E-state index contributed by atoms with van der Waals surface area (Å²) in [6.07, 6.45) is 4.70. The van der Waals surface area contributed by atoms with E-state index in [1.165, 1.54) is 6.20 Å². The predicted molar refractivity (Wildman–Crippen MR) is 201 cm³/mol. The second kappa shape index (κ2) is 17.4. The Kier molecular flexibility index (Phi) is 12.1. The molecule has 1 saturated heterocycles. The minimum absolute atomic E-state index is 0.171. The van der Waals surface area contributed by atoms with Crippen LogP contribution in [0.2, 0.25) is 0 Å². The molecular formula is C39H44N8O5. The molecule has 1 aliphatic heterocycles. The number of pyridine rings is 1. The molecule has 3 heterocycles. The third-order valence-electron chi connectivity index (χ3n) is 8.63. The highest BCUT2D eigenvalue weighted by molar-refractivity contribution is 6.07. The van der Waals surface area contributed by atoms with Gasteiger partial charge in [0.15, 0.2) is 0 Å². The summed E-state index contributed by atoms with van der Waals surface area (Å²) in [7, 11) is 0. The molecule has 13 nitrogen and oxygen atoms in total. The first-order valence-corrected chi connectivity index (χ1v) is 17.6.